The molecule has 3 nitrogen and oxygen atoms in total. The van der Waals surface area contributed by atoms with Gasteiger partial charge in [-0.1, -0.05) is 6.07 Å². The zero-order valence-corrected chi connectivity index (χ0v) is 11.2. The van der Waals surface area contributed by atoms with E-state index in [0.29, 0.717) is 6.54 Å². The number of halogens is 1. The minimum Gasteiger partial charge on any atom is -0.496 e. The molecule has 0 radical (unpaired) electrons. The van der Waals surface area contributed by atoms with E-state index < -0.39 is 0 Å². The van der Waals surface area contributed by atoms with Gasteiger partial charge in [-0.15, -0.1) is 11.6 Å². The maximum absolute atomic E-state index is 11.0. The second kappa shape index (κ2) is 6.50. The van der Waals surface area contributed by atoms with Crippen LogP contribution in [0.5, 0.6) is 5.75 Å². The topological polar surface area (TPSA) is 38.3 Å². The van der Waals surface area contributed by atoms with Crippen molar-refractivity contribution in [1.82, 2.24) is 5.32 Å². The van der Waals surface area contributed by atoms with E-state index >= 15 is 0 Å². The van der Waals surface area contributed by atoms with Crippen molar-refractivity contribution in [1.29, 1.82) is 0 Å². The third-order valence-electron chi connectivity index (χ3n) is 2.73. The zero-order valence-electron chi connectivity index (χ0n) is 10.5. The second-order valence-corrected chi connectivity index (χ2v) is 4.25. The molecular weight excluding hydrogens is 238 g/mol. The van der Waals surface area contributed by atoms with E-state index in [9.17, 15) is 4.79 Å². The number of rotatable bonds is 5. The molecule has 0 heterocycles. The predicted octanol–water partition coefficient (Wildman–Crippen LogP) is 2.21. The molecule has 0 aromatic heterocycles. The molecule has 1 aromatic rings. The summed E-state index contributed by atoms with van der Waals surface area (Å²) in [5.41, 5.74) is 3.53. The Labute approximate surface area is 107 Å². The average Bonchev–Trinajstić information content (AvgIpc) is 2.32. The van der Waals surface area contributed by atoms with Gasteiger partial charge in [-0.05, 0) is 43.0 Å². The summed E-state index contributed by atoms with van der Waals surface area (Å²) in [6, 6.07) is 4.12. The molecule has 17 heavy (non-hydrogen) atoms. The summed E-state index contributed by atoms with van der Waals surface area (Å²) in [6.45, 7) is 4.69. The predicted molar refractivity (Wildman–Crippen MR) is 69.9 cm³/mol. The molecule has 0 saturated heterocycles. The quantitative estimate of drug-likeness (QED) is 0.820. The van der Waals surface area contributed by atoms with Crippen molar-refractivity contribution < 1.29 is 9.53 Å². The van der Waals surface area contributed by atoms with Crippen molar-refractivity contribution in [2.45, 2.75) is 20.3 Å². The molecule has 0 saturated carbocycles. The summed E-state index contributed by atoms with van der Waals surface area (Å²) in [5.74, 6) is 0.729. The average molecular weight is 256 g/mol. The lowest BCUT2D eigenvalue weighted by atomic mass is 10.0. The number of benzene rings is 1. The van der Waals surface area contributed by atoms with E-state index in [-0.39, 0.29) is 11.8 Å². The zero-order chi connectivity index (χ0) is 12.8. The van der Waals surface area contributed by atoms with Gasteiger partial charge in [0.2, 0.25) is 5.91 Å². The Bertz CT molecular complexity index is 405. The SMILES string of the molecule is COc1cc(C)c(C)cc1CCNC(=O)CCl. The molecular formula is C13H18ClNO2. The van der Waals surface area contributed by atoms with Crippen LogP contribution in [0.3, 0.4) is 0 Å². The number of methoxy groups -OCH3 is 1. The van der Waals surface area contributed by atoms with E-state index in [2.05, 4.69) is 25.2 Å². The molecule has 0 atom stereocenters. The van der Waals surface area contributed by atoms with Crippen LogP contribution >= 0.6 is 11.6 Å². The van der Waals surface area contributed by atoms with Crippen LogP contribution < -0.4 is 10.1 Å². The molecule has 0 spiro atoms. The number of ether oxygens (including phenoxy) is 1. The summed E-state index contributed by atoms with van der Waals surface area (Å²) < 4.78 is 5.33. The van der Waals surface area contributed by atoms with Crippen molar-refractivity contribution in [3.63, 3.8) is 0 Å². The van der Waals surface area contributed by atoms with E-state index in [4.69, 9.17) is 16.3 Å². The molecule has 1 amide bonds. The number of carbonyl (C=O) groups is 1. The molecule has 94 valence electrons. The summed E-state index contributed by atoms with van der Waals surface area (Å²) >= 11 is 5.40. The monoisotopic (exact) mass is 255 g/mol. The number of alkyl halides is 1. The number of hydrogen-bond acceptors (Lipinski definition) is 2. The van der Waals surface area contributed by atoms with Gasteiger partial charge < -0.3 is 10.1 Å². The Morgan fingerprint density at radius 1 is 1.35 bits per heavy atom. The molecule has 0 unspecified atom stereocenters. The Morgan fingerprint density at radius 2 is 2.00 bits per heavy atom. The molecule has 0 aliphatic rings. The largest absolute Gasteiger partial charge is 0.496 e. The molecule has 4 heteroatoms. The van der Waals surface area contributed by atoms with Gasteiger partial charge in [0.1, 0.15) is 11.6 Å². The summed E-state index contributed by atoms with van der Waals surface area (Å²) in [4.78, 5) is 11.0. The molecule has 1 N–H and O–H groups in total. The van der Waals surface area contributed by atoms with E-state index in [0.717, 1.165) is 17.7 Å². The van der Waals surface area contributed by atoms with Gasteiger partial charge in [0.25, 0.3) is 0 Å². The van der Waals surface area contributed by atoms with Crippen LogP contribution in [0.1, 0.15) is 16.7 Å². The molecule has 0 fully saturated rings. The van der Waals surface area contributed by atoms with E-state index in [1.54, 1.807) is 7.11 Å². The minimum atomic E-state index is -0.144. The van der Waals surface area contributed by atoms with Gasteiger partial charge in [0, 0.05) is 6.54 Å². The molecule has 1 rings (SSSR count). The van der Waals surface area contributed by atoms with Gasteiger partial charge in [-0.3, -0.25) is 4.79 Å². The van der Waals surface area contributed by atoms with Gasteiger partial charge in [-0.25, -0.2) is 0 Å². The summed E-state index contributed by atoms with van der Waals surface area (Å²) in [5, 5.41) is 2.74. The van der Waals surface area contributed by atoms with Crippen LogP contribution in [0.15, 0.2) is 12.1 Å². The van der Waals surface area contributed by atoms with Crippen molar-refractivity contribution in [2.24, 2.45) is 0 Å². The van der Waals surface area contributed by atoms with E-state index in [1.165, 1.54) is 11.1 Å². The Kier molecular flexibility index (Phi) is 5.29. The van der Waals surface area contributed by atoms with Gasteiger partial charge in [0.15, 0.2) is 0 Å². The fraction of sp³-hybridized carbons (Fsp3) is 0.462. The highest BCUT2D eigenvalue weighted by Gasteiger charge is 2.06. The summed E-state index contributed by atoms with van der Waals surface area (Å²) in [6.07, 6.45) is 0.743. The lowest BCUT2D eigenvalue weighted by Crippen LogP contribution is -2.26. The summed E-state index contributed by atoms with van der Waals surface area (Å²) in [7, 11) is 1.66. The van der Waals surface area contributed by atoms with Crippen LogP contribution in [-0.2, 0) is 11.2 Å². The number of aryl methyl sites for hydroxylation is 2. The number of hydrogen-bond donors (Lipinski definition) is 1. The lowest BCUT2D eigenvalue weighted by Gasteiger charge is -2.12. The van der Waals surface area contributed by atoms with Crippen LogP contribution in [0.25, 0.3) is 0 Å². The molecule has 0 aliphatic heterocycles. The van der Waals surface area contributed by atoms with Crippen LogP contribution in [0, 0.1) is 13.8 Å². The lowest BCUT2D eigenvalue weighted by molar-refractivity contribution is -0.118. The van der Waals surface area contributed by atoms with Crippen LogP contribution in [0.4, 0.5) is 0 Å². The number of carbonyl (C=O) groups excluding carboxylic acids is 1. The maximum atomic E-state index is 11.0. The first-order valence-electron chi connectivity index (χ1n) is 5.55. The highest BCUT2D eigenvalue weighted by Crippen LogP contribution is 2.23. The van der Waals surface area contributed by atoms with Crippen LogP contribution in [-0.4, -0.2) is 25.4 Å². The minimum absolute atomic E-state index is 0.00403. The first kappa shape index (κ1) is 13.8. The molecule has 0 bridgehead atoms. The Morgan fingerprint density at radius 3 is 2.59 bits per heavy atom. The fourth-order valence-electron chi connectivity index (χ4n) is 1.62. The Balaban J connectivity index is 2.69. The third kappa shape index (κ3) is 3.93. The first-order chi connectivity index (χ1) is 8.08. The number of nitrogens with one attached hydrogen (secondary N) is 1. The third-order valence-corrected chi connectivity index (χ3v) is 2.98. The van der Waals surface area contributed by atoms with Gasteiger partial charge in [0.05, 0.1) is 7.11 Å². The number of amides is 1. The molecule has 0 aliphatic carbocycles. The van der Waals surface area contributed by atoms with Gasteiger partial charge in [-0.2, -0.15) is 0 Å². The standard InChI is InChI=1S/C13H18ClNO2/c1-9-6-11(4-5-15-13(16)8-14)12(17-3)7-10(9)2/h6-7H,4-5,8H2,1-3H3,(H,15,16). The first-order valence-corrected chi connectivity index (χ1v) is 6.08. The smallest absolute Gasteiger partial charge is 0.234 e. The fourth-order valence-corrected chi connectivity index (χ4v) is 1.71. The highest BCUT2D eigenvalue weighted by molar-refractivity contribution is 6.27. The normalized spacial score (nSPS) is 10.1. The van der Waals surface area contributed by atoms with Crippen molar-refractivity contribution in [3.8, 4) is 5.75 Å². The maximum Gasteiger partial charge on any atom is 0.234 e. The molecule has 1 aromatic carbocycles. The van der Waals surface area contributed by atoms with Gasteiger partial charge >= 0.3 is 0 Å². The van der Waals surface area contributed by atoms with Crippen molar-refractivity contribution in [2.75, 3.05) is 19.5 Å². The highest BCUT2D eigenvalue weighted by atomic mass is 35.5. The van der Waals surface area contributed by atoms with E-state index in [1.807, 2.05) is 6.07 Å². The second-order valence-electron chi connectivity index (χ2n) is 3.98. The Hall–Kier alpha value is -1.22. The van der Waals surface area contributed by atoms with Crippen molar-refractivity contribution >= 4 is 17.5 Å². The van der Waals surface area contributed by atoms with Crippen LogP contribution in [0.2, 0.25) is 0 Å². The van der Waals surface area contributed by atoms with Crippen molar-refractivity contribution in [3.05, 3.63) is 28.8 Å².